The maximum absolute atomic E-state index is 11.4. The second-order valence-electron chi connectivity index (χ2n) is 3.49. The van der Waals surface area contributed by atoms with Crippen molar-refractivity contribution in [1.82, 2.24) is 10.6 Å². The standard InChI is InChI=1S/C9H18N2O2/c1-2-3-4-10-9(13)8-5-7(12)6-11-8/h7-8,11-12H,2-6H2,1H3,(H,10,13). The van der Waals surface area contributed by atoms with Gasteiger partial charge in [0.15, 0.2) is 0 Å². The molecule has 76 valence electrons. The van der Waals surface area contributed by atoms with Crippen LogP contribution in [0.2, 0.25) is 0 Å². The fourth-order valence-corrected chi connectivity index (χ4v) is 1.43. The summed E-state index contributed by atoms with van der Waals surface area (Å²) in [6.07, 6.45) is 2.28. The fourth-order valence-electron chi connectivity index (χ4n) is 1.43. The number of hydrogen-bond donors (Lipinski definition) is 3. The summed E-state index contributed by atoms with van der Waals surface area (Å²) in [6.45, 7) is 3.36. The van der Waals surface area contributed by atoms with Gasteiger partial charge in [0, 0.05) is 13.1 Å². The van der Waals surface area contributed by atoms with Crippen molar-refractivity contribution in [3.8, 4) is 0 Å². The Morgan fingerprint density at radius 2 is 2.46 bits per heavy atom. The van der Waals surface area contributed by atoms with E-state index in [2.05, 4.69) is 17.6 Å². The van der Waals surface area contributed by atoms with Gasteiger partial charge in [-0.25, -0.2) is 0 Å². The van der Waals surface area contributed by atoms with Crippen LogP contribution in [0.15, 0.2) is 0 Å². The molecule has 4 heteroatoms. The number of carbonyl (C=O) groups excluding carboxylic acids is 1. The van der Waals surface area contributed by atoms with Gasteiger partial charge in [0.1, 0.15) is 0 Å². The van der Waals surface area contributed by atoms with E-state index >= 15 is 0 Å². The molecule has 0 saturated carbocycles. The molecule has 1 rings (SSSR count). The van der Waals surface area contributed by atoms with Crippen LogP contribution in [-0.4, -0.2) is 36.2 Å². The van der Waals surface area contributed by atoms with E-state index in [1.165, 1.54) is 0 Å². The number of carbonyl (C=O) groups is 1. The third-order valence-electron chi connectivity index (χ3n) is 2.25. The number of nitrogens with one attached hydrogen (secondary N) is 2. The molecule has 13 heavy (non-hydrogen) atoms. The van der Waals surface area contributed by atoms with Gasteiger partial charge in [-0.15, -0.1) is 0 Å². The molecule has 1 fully saturated rings. The summed E-state index contributed by atoms with van der Waals surface area (Å²) in [5.74, 6) is 0.0185. The summed E-state index contributed by atoms with van der Waals surface area (Å²) in [4.78, 5) is 11.4. The molecule has 0 aromatic heterocycles. The highest BCUT2D eigenvalue weighted by Gasteiger charge is 2.27. The van der Waals surface area contributed by atoms with Gasteiger partial charge in [-0.1, -0.05) is 13.3 Å². The molecule has 4 nitrogen and oxygen atoms in total. The molecule has 1 aliphatic heterocycles. The van der Waals surface area contributed by atoms with Gasteiger partial charge < -0.3 is 15.7 Å². The van der Waals surface area contributed by atoms with Crippen molar-refractivity contribution in [1.29, 1.82) is 0 Å². The third kappa shape index (κ3) is 3.32. The molecule has 0 spiro atoms. The molecule has 0 radical (unpaired) electrons. The largest absolute Gasteiger partial charge is 0.392 e. The Labute approximate surface area is 78.7 Å². The molecule has 0 aliphatic carbocycles. The third-order valence-corrected chi connectivity index (χ3v) is 2.25. The first-order valence-electron chi connectivity index (χ1n) is 4.93. The van der Waals surface area contributed by atoms with E-state index < -0.39 is 0 Å². The smallest absolute Gasteiger partial charge is 0.237 e. The van der Waals surface area contributed by atoms with Crippen LogP contribution in [0.4, 0.5) is 0 Å². The van der Waals surface area contributed by atoms with Crippen molar-refractivity contribution in [2.75, 3.05) is 13.1 Å². The topological polar surface area (TPSA) is 61.4 Å². The van der Waals surface area contributed by atoms with Crippen LogP contribution < -0.4 is 10.6 Å². The monoisotopic (exact) mass is 186 g/mol. The lowest BCUT2D eigenvalue weighted by Gasteiger charge is -2.09. The fraction of sp³-hybridized carbons (Fsp3) is 0.889. The number of unbranched alkanes of at least 4 members (excludes halogenated alkanes) is 1. The molecule has 2 atom stereocenters. The second-order valence-corrected chi connectivity index (χ2v) is 3.49. The quantitative estimate of drug-likeness (QED) is 0.525. The van der Waals surface area contributed by atoms with E-state index in [0.717, 1.165) is 19.4 Å². The first-order valence-corrected chi connectivity index (χ1v) is 4.93. The molecule has 0 aromatic carbocycles. The van der Waals surface area contributed by atoms with Crippen molar-refractivity contribution < 1.29 is 9.90 Å². The molecule has 1 heterocycles. The van der Waals surface area contributed by atoms with Crippen molar-refractivity contribution in [3.63, 3.8) is 0 Å². The minimum atomic E-state index is -0.359. The number of aliphatic hydroxyl groups excluding tert-OH is 1. The van der Waals surface area contributed by atoms with Crippen molar-refractivity contribution >= 4 is 5.91 Å². The van der Waals surface area contributed by atoms with Crippen LogP contribution in [0, 0.1) is 0 Å². The van der Waals surface area contributed by atoms with Gasteiger partial charge in [0.05, 0.1) is 12.1 Å². The predicted octanol–water partition coefficient (Wildman–Crippen LogP) is -0.374. The minimum Gasteiger partial charge on any atom is -0.392 e. The first-order chi connectivity index (χ1) is 6.24. The molecule has 3 N–H and O–H groups in total. The average molecular weight is 186 g/mol. The highest BCUT2D eigenvalue weighted by molar-refractivity contribution is 5.82. The van der Waals surface area contributed by atoms with Gasteiger partial charge in [-0.2, -0.15) is 0 Å². The Morgan fingerprint density at radius 1 is 1.69 bits per heavy atom. The summed E-state index contributed by atoms with van der Waals surface area (Å²) >= 11 is 0. The molecule has 1 saturated heterocycles. The zero-order valence-corrected chi connectivity index (χ0v) is 8.05. The van der Waals surface area contributed by atoms with Gasteiger partial charge in [0.25, 0.3) is 0 Å². The van der Waals surface area contributed by atoms with Crippen LogP contribution >= 0.6 is 0 Å². The number of aliphatic hydroxyl groups is 1. The molecule has 1 amide bonds. The summed E-state index contributed by atoms with van der Waals surface area (Å²) in [7, 11) is 0. The Balaban J connectivity index is 2.16. The number of β-amino-alcohol motifs (C(OH)–C–C–N with tert-alkyl or cyclic N) is 1. The van der Waals surface area contributed by atoms with Crippen LogP contribution in [0.1, 0.15) is 26.2 Å². The second kappa shape index (κ2) is 5.19. The van der Waals surface area contributed by atoms with E-state index in [1.54, 1.807) is 0 Å². The van der Waals surface area contributed by atoms with E-state index in [1.807, 2.05) is 0 Å². The van der Waals surface area contributed by atoms with Crippen LogP contribution in [-0.2, 0) is 4.79 Å². The SMILES string of the molecule is CCCCNC(=O)C1CC(O)CN1. The maximum Gasteiger partial charge on any atom is 0.237 e. The Bertz CT molecular complexity index is 173. The predicted molar refractivity (Wildman–Crippen MR) is 50.3 cm³/mol. The molecule has 1 aliphatic rings. The highest BCUT2D eigenvalue weighted by atomic mass is 16.3. The molecule has 2 unspecified atom stereocenters. The maximum atomic E-state index is 11.4. The molecular formula is C9H18N2O2. The van der Waals surface area contributed by atoms with Gasteiger partial charge in [-0.05, 0) is 12.8 Å². The van der Waals surface area contributed by atoms with E-state index in [-0.39, 0.29) is 18.1 Å². The average Bonchev–Trinajstić information content (AvgIpc) is 2.52. The summed E-state index contributed by atoms with van der Waals surface area (Å²) in [5.41, 5.74) is 0. The summed E-state index contributed by atoms with van der Waals surface area (Å²) in [5, 5.41) is 15.0. The van der Waals surface area contributed by atoms with Gasteiger partial charge >= 0.3 is 0 Å². The zero-order valence-electron chi connectivity index (χ0n) is 8.05. The van der Waals surface area contributed by atoms with Gasteiger partial charge in [-0.3, -0.25) is 4.79 Å². The summed E-state index contributed by atoms with van der Waals surface area (Å²) < 4.78 is 0. The van der Waals surface area contributed by atoms with E-state index in [4.69, 9.17) is 0 Å². The van der Waals surface area contributed by atoms with Crippen LogP contribution in [0.3, 0.4) is 0 Å². The Morgan fingerprint density at radius 3 is 3.00 bits per heavy atom. The Kier molecular flexibility index (Phi) is 4.18. The molecule has 0 bridgehead atoms. The lowest BCUT2D eigenvalue weighted by Crippen LogP contribution is -2.40. The van der Waals surface area contributed by atoms with Gasteiger partial charge in [0.2, 0.25) is 5.91 Å². The highest BCUT2D eigenvalue weighted by Crippen LogP contribution is 2.05. The van der Waals surface area contributed by atoms with E-state index in [9.17, 15) is 9.90 Å². The number of rotatable bonds is 4. The van der Waals surface area contributed by atoms with Crippen LogP contribution in [0.5, 0.6) is 0 Å². The normalized spacial score (nSPS) is 27.5. The van der Waals surface area contributed by atoms with Crippen molar-refractivity contribution in [2.45, 2.75) is 38.3 Å². The molecule has 0 aromatic rings. The first kappa shape index (κ1) is 10.5. The van der Waals surface area contributed by atoms with E-state index in [0.29, 0.717) is 13.0 Å². The van der Waals surface area contributed by atoms with Crippen molar-refractivity contribution in [2.24, 2.45) is 0 Å². The van der Waals surface area contributed by atoms with Crippen molar-refractivity contribution in [3.05, 3.63) is 0 Å². The van der Waals surface area contributed by atoms with Crippen LogP contribution in [0.25, 0.3) is 0 Å². The number of hydrogen-bond acceptors (Lipinski definition) is 3. The minimum absolute atomic E-state index is 0.0185. The Hall–Kier alpha value is -0.610. The zero-order chi connectivity index (χ0) is 9.68. The lowest BCUT2D eigenvalue weighted by atomic mass is 10.2. The number of amides is 1. The molecular weight excluding hydrogens is 168 g/mol. The lowest BCUT2D eigenvalue weighted by molar-refractivity contribution is -0.122. The summed E-state index contributed by atoms with van der Waals surface area (Å²) in [6, 6.07) is -0.188.